The standard InChI is InChI=1S/C12H20N4S/c13-8-4-1-5-9-15-12(17)16-11-7-3-2-6-10(11)14/h2-3,6-7H,1,4-5,8-9,13-14H2,(H2,15,16,17). The topological polar surface area (TPSA) is 76.1 Å². The second-order valence-electron chi connectivity index (χ2n) is 3.82. The second kappa shape index (κ2) is 7.86. The van der Waals surface area contributed by atoms with Crippen molar-refractivity contribution in [2.24, 2.45) is 5.73 Å². The van der Waals surface area contributed by atoms with Crippen LogP contribution >= 0.6 is 12.2 Å². The molecule has 0 fully saturated rings. The number of nitrogen functional groups attached to an aromatic ring is 1. The highest BCUT2D eigenvalue weighted by Gasteiger charge is 1.99. The van der Waals surface area contributed by atoms with Crippen LogP contribution in [0.2, 0.25) is 0 Å². The van der Waals surface area contributed by atoms with Crippen molar-refractivity contribution in [3.05, 3.63) is 24.3 Å². The predicted molar refractivity (Wildman–Crippen MR) is 78.0 cm³/mol. The largest absolute Gasteiger partial charge is 0.397 e. The lowest BCUT2D eigenvalue weighted by atomic mass is 10.2. The molecular weight excluding hydrogens is 232 g/mol. The first kappa shape index (κ1) is 13.7. The fourth-order valence-corrected chi connectivity index (χ4v) is 1.64. The minimum absolute atomic E-state index is 0.607. The zero-order chi connectivity index (χ0) is 12.5. The highest BCUT2D eigenvalue weighted by molar-refractivity contribution is 7.80. The van der Waals surface area contributed by atoms with E-state index in [0.29, 0.717) is 10.8 Å². The molecular formula is C12H20N4S. The summed E-state index contributed by atoms with van der Waals surface area (Å²) < 4.78 is 0. The summed E-state index contributed by atoms with van der Waals surface area (Å²) >= 11 is 5.17. The number of benzene rings is 1. The SMILES string of the molecule is NCCCCCNC(=S)Nc1ccccc1N. The average molecular weight is 252 g/mol. The molecule has 0 spiro atoms. The van der Waals surface area contributed by atoms with Crippen molar-refractivity contribution in [1.82, 2.24) is 5.32 Å². The third kappa shape index (κ3) is 5.51. The molecule has 0 radical (unpaired) electrons. The minimum Gasteiger partial charge on any atom is -0.397 e. The zero-order valence-electron chi connectivity index (χ0n) is 9.91. The first-order valence-corrected chi connectivity index (χ1v) is 6.24. The van der Waals surface area contributed by atoms with Gasteiger partial charge in [-0.15, -0.1) is 0 Å². The predicted octanol–water partition coefficient (Wildman–Crippen LogP) is 1.68. The van der Waals surface area contributed by atoms with Crippen molar-refractivity contribution in [2.45, 2.75) is 19.3 Å². The fourth-order valence-electron chi connectivity index (χ4n) is 1.43. The van der Waals surface area contributed by atoms with Gasteiger partial charge in [0.05, 0.1) is 11.4 Å². The van der Waals surface area contributed by atoms with Crippen LogP contribution in [0, 0.1) is 0 Å². The Labute approximate surface area is 108 Å². The number of hydrogen-bond acceptors (Lipinski definition) is 3. The van der Waals surface area contributed by atoms with E-state index in [9.17, 15) is 0 Å². The number of hydrogen-bond donors (Lipinski definition) is 4. The van der Waals surface area contributed by atoms with E-state index in [1.807, 2.05) is 24.3 Å². The third-order valence-corrected chi connectivity index (χ3v) is 2.62. The van der Waals surface area contributed by atoms with Crippen molar-refractivity contribution in [2.75, 3.05) is 24.1 Å². The summed E-state index contributed by atoms with van der Waals surface area (Å²) in [6, 6.07) is 7.55. The van der Waals surface area contributed by atoms with Crippen LogP contribution in [0.3, 0.4) is 0 Å². The summed E-state index contributed by atoms with van der Waals surface area (Å²) in [7, 11) is 0. The van der Waals surface area contributed by atoms with E-state index < -0.39 is 0 Å². The molecule has 4 nitrogen and oxygen atoms in total. The van der Waals surface area contributed by atoms with Gasteiger partial charge in [-0.2, -0.15) is 0 Å². The molecule has 1 aromatic rings. The van der Waals surface area contributed by atoms with Crippen LogP contribution in [0.5, 0.6) is 0 Å². The molecule has 5 heteroatoms. The van der Waals surface area contributed by atoms with Gasteiger partial charge in [0, 0.05) is 6.54 Å². The molecule has 6 N–H and O–H groups in total. The highest BCUT2D eigenvalue weighted by Crippen LogP contribution is 2.16. The van der Waals surface area contributed by atoms with E-state index in [4.69, 9.17) is 23.7 Å². The molecule has 0 bridgehead atoms. The first-order valence-electron chi connectivity index (χ1n) is 5.83. The Bertz CT molecular complexity index is 354. The molecule has 0 aromatic heterocycles. The Balaban J connectivity index is 2.23. The maximum Gasteiger partial charge on any atom is 0.170 e. The Hall–Kier alpha value is -1.33. The number of para-hydroxylation sites is 2. The molecule has 1 rings (SSSR count). The number of unbranched alkanes of at least 4 members (excludes halogenated alkanes) is 2. The van der Waals surface area contributed by atoms with Crippen molar-refractivity contribution in [3.8, 4) is 0 Å². The molecule has 0 aliphatic heterocycles. The van der Waals surface area contributed by atoms with Gasteiger partial charge in [-0.3, -0.25) is 0 Å². The van der Waals surface area contributed by atoms with E-state index >= 15 is 0 Å². The van der Waals surface area contributed by atoms with Crippen LogP contribution in [0.1, 0.15) is 19.3 Å². The molecule has 0 amide bonds. The third-order valence-electron chi connectivity index (χ3n) is 2.38. The second-order valence-corrected chi connectivity index (χ2v) is 4.23. The molecule has 0 atom stereocenters. The molecule has 94 valence electrons. The van der Waals surface area contributed by atoms with Gasteiger partial charge in [-0.05, 0) is 43.7 Å². The van der Waals surface area contributed by atoms with E-state index in [2.05, 4.69) is 10.6 Å². The lowest BCUT2D eigenvalue weighted by Gasteiger charge is -2.11. The normalized spacial score (nSPS) is 9.94. The molecule has 0 unspecified atom stereocenters. The van der Waals surface area contributed by atoms with Crippen LogP contribution in [0.4, 0.5) is 11.4 Å². The van der Waals surface area contributed by atoms with Crippen LogP contribution in [0.15, 0.2) is 24.3 Å². The quantitative estimate of drug-likeness (QED) is 0.352. The van der Waals surface area contributed by atoms with E-state index in [-0.39, 0.29) is 0 Å². The highest BCUT2D eigenvalue weighted by atomic mass is 32.1. The molecule has 0 aliphatic rings. The van der Waals surface area contributed by atoms with Gasteiger partial charge in [0.15, 0.2) is 5.11 Å². The maximum absolute atomic E-state index is 5.80. The summed E-state index contributed by atoms with van der Waals surface area (Å²) in [6.45, 7) is 1.61. The minimum atomic E-state index is 0.607. The molecule has 1 aromatic carbocycles. The van der Waals surface area contributed by atoms with Crippen molar-refractivity contribution in [3.63, 3.8) is 0 Å². The van der Waals surface area contributed by atoms with E-state index in [0.717, 1.165) is 38.0 Å². The monoisotopic (exact) mass is 252 g/mol. The lowest BCUT2D eigenvalue weighted by molar-refractivity contribution is 0.672. The Morgan fingerprint density at radius 3 is 2.65 bits per heavy atom. The number of thiocarbonyl (C=S) groups is 1. The van der Waals surface area contributed by atoms with Crippen LogP contribution in [-0.2, 0) is 0 Å². The van der Waals surface area contributed by atoms with Gasteiger partial charge in [0.25, 0.3) is 0 Å². The van der Waals surface area contributed by atoms with Gasteiger partial charge in [-0.25, -0.2) is 0 Å². The zero-order valence-corrected chi connectivity index (χ0v) is 10.7. The number of rotatable bonds is 6. The van der Waals surface area contributed by atoms with Crippen molar-refractivity contribution in [1.29, 1.82) is 0 Å². The van der Waals surface area contributed by atoms with Gasteiger partial charge in [0.2, 0.25) is 0 Å². The summed E-state index contributed by atoms with van der Waals surface area (Å²) in [5.74, 6) is 0. The van der Waals surface area contributed by atoms with Crippen LogP contribution in [0.25, 0.3) is 0 Å². The molecule has 17 heavy (non-hydrogen) atoms. The molecule has 0 heterocycles. The van der Waals surface area contributed by atoms with E-state index in [1.54, 1.807) is 0 Å². The summed E-state index contributed by atoms with van der Waals surface area (Å²) in [5, 5.41) is 6.82. The number of nitrogens with two attached hydrogens (primary N) is 2. The van der Waals surface area contributed by atoms with Crippen LogP contribution < -0.4 is 22.1 Å². The molecule has 0 aliphatic carbocycles. The first-order chi connectivity index (χ1) is 8.24. The molecule has 0 saturated carbocycles. The Morgan fingerprint density at radius 1 is 1.18 bits per heavy atom. The molecule has 0 saturated heterocycles. The average Bonchev–Trinajstić information content (AvgIpc) is 2.32. The van der Waals surface area contributed by atoms with Crippen molar-refractivity contribution < 1.29 is 0 Å². The maximum atomic E-state index is 5.80. The Morgan fingerprint density at radius 2 is 1.94 bits per heavy atom. The van der Waals surface area contributed by atoms with Crippen molar-refractivity contribution >= 4 is 28.7 Å². The van der Waals surface area contributed by atoms with Gasteiger partial charge in [-0.1, -0.05) is 18.6 Å². The Kier molecular flexibility index (Phi) is 6.35. The fraction of sp³-hybridized carbons (Fsp3) is 0.417. The van der Waals surface area contributed by atoms with Gasteiger partial charge in [0.1, 0.15) is 0 Å². The number of anilines is 2. The number of nitrogens with one attached hydrogen (secondary N) is 2. The summed E-state index contributed by atoms with van der Waals surface area (Å²) in [4.78, 5) is 0. The summed E-state index contributed by atoms with van der Waals surface area (Å²) in [6.07, 6.45) is 3.26. The smallest absolute Gasteiger partial charge is 0.170 e. The summed E-state index contributed by atoms with van der Waals surface area (Å²) in [5.41, 5.74) is 12.8. The van der Waals surface area contributed by atoms with Gasteiger partial charge < -0.3 is 22.1 Å². The van der Waals surface area contributed by atoms with E-state index in [1.165, 1.54) is 0 Å². The van der Waals surface area contributed by atoms with Crippen LogP contribution in [-0.4, -0.2) is 18.2 Å². The lowest BCUT2D eigenvalue weighted by Crippen LogP contribution is -2.29. The van der Waals surface area contributed by atoms with Gasteiger partial charge >= 0.3 is 0 Å².